The molecule has 2 aromatic heterocycles. The topological polar surface area (TPSA) is 51.8 Å². The van der Waals surface area contributed by atoms with Gasteiger partial charge in [0, 0.05) is 6.20 Å². The fourth-order valence-corrected chi connectivity index (χ4v) is 2.26. The summed E-state index contributed by atoms with van der Waals surface area (Å²) in [5.74, 6) is 0. The lowest BCUT2D eigenvalue weighted by molar-refractivity contribution is 1.23. The van der Waals surface area contributed by atoms with E-state index >= 15 is 0 Å². The minimum atomic E-state index is 0.600. The number of nitrogens with zero attached hydrogens (tertiary/aromatic N) is 2. The van der Waals surface area contributed by atoms with E-state index in [1.807, 2.05) is 26.0 Å². The van der Waals surface area contributed by atoms with Gasteiger partial charge in [-0.05, 0) is 25.5 Å². The third kappa shape index (κ3) is 1.48. The fourth-order valence-electron chi connectivity index (χ4n) is 1.36. The summed E-state index contributed by atoms with van der Waals surface area (Å²) in [6.07, 6.45) is 1.79. The van der Waals surface area contributed by atoms with Crippen molar-refractivity contribution in [3.63, 3.8) is 0 Å². The average molecular weight is 205 g/mol. The smallest absolute Gasteiger partial charge is 0.180 e. The molecule has 0 aliphatic carbocycles. The van der Waals surface area contributed by atoms with E-state index in [0.29, 0.717) is 5.13 Å². The predicted octanol–water partition coefficient (Wildman–Crippen LogP) is 2.40. The molecule has 14 heavy (non-hydrogen) atoms. The van der Waals surface area contributed by atoms with Gasteiger partial charge in [0.1, 0.15) is 0 Å². The summed E-state index contributed by atoms with van der Waals surface area (Å²) in [4.78, 5) is 9.59. The highest BCUT2D eigenvalue weighted by Crippen LogP contribution is 2.31. The summed E-state index contributed by atoms with van der Waals surface area (Å²) in [6.45, 7) is 3.99. The third-order valence-corrected chi connectivity index (χ3v) is 3.03. The average Bonchev–Trinajstić information content (AvgIpc) is 2.46. The van der Waals surface area contributed by atoms with Crippen LogP contribution in [0.5, 0.6) is 0 Å². The molecular weight excluding hydrogens is 194 g/mol. The van der Waals surface area contributed by atoms with Crippen LogP contribution in [-0.2, 0) is 0 Å². The number of pyridine rings is 1. The standard InChI is InChI=1S/C10H11N3S/c1-6-4-3-5-12-8(6)9-7(2)13-10(11)14-9/h3-5H,1-2H3,(H2,11,13). The molecule has 0 saturated carbocycles. The molecule has 0 atom stereocenters. The van der Waals surface area contributed by atoms with Crippen LogP contribution in [0.15, 0.2) is 18.3 Å². The van der Waals surface area contributed by atoms with Crippen molar-refractivity contribution in [3.05, 3.63) is 29.6 Å². The maximum Gasteiger partial charge on any atom is 0.180 e. The van der Waals surface area contributed by atoms with E-state index in [4.69, 9.17) is 5.73 Å². The van der Waals surface area contributed by atoms with Gasteiger partial charge in [-0.15, -0.1) is 0 Å². The number of hydrogen-bond donors (Lipinski definition) is 1. The summed E-state index contributed by atoms with van der Waals surface area (Å²) in [7, 11) is 0. The summed E-state index contributed by atoms with van der Waals surface area (Å²) in [5, 5.41) is 0.600. The number of aryl methyl sites for hydroxylation is 2. The monoisotopic (exact) mass is 205 g/mol. The Hall–Kier alpha value is -1.42. The SMILES string of the molecule is Cc1cccnc1-c1sc(N)nc1C. The summed E-state index contributed by atoms with van der Waals surface area (Å²) >= 11 is 1.49. The zero-order valence-corrected chi connectivity index (χ0v) is 8.93. The van der Waals surface area contributed by atoms with Gasteiger partial charge >= 0.3 is 0 Å². The first kappa shape index (κ1) is 9.15. The highest BCUT2D eigenvalue weighted by atomic mass is 32.1. The van der Waals surface area contributed by atoms with Crippen LogP contribution >= 0.6 is 11.3 Å². The highest BCUT2D eigenvalue weighted by Gasteiger charge is 2.10. The molecule has 0 bridgehead atoms. The zero-order chi connectivity index (χ0) is 10.1. The lowest BCUT2D eigenvalue weighted by atomic mass is 10.2. The molecule has 0 aromatic carbocycles. The molecule has 3 nitrogen and oxygen atoms in total. The summed E-state index contributed by atoms with van der Waals surface area (Å²) < 4.78 is 0. The molecule has 0 unspecified atom stereocenters. The molecule has 0 fully saturated rings. The Labute approximate surface area is 86.6 Å². The molecule has 0 aliphatic heterocycles. The van der Waals surface area contributed by atoms with Gasteiger partial charge in [-0.25, -0.2) is 4.98 Å². The van der Waals surface area contributed by atoms with Gasteiger partial charge < -0.3 is 5.73 Å². The van der Waals surface area contributed by atoms with Crippen molar-refractivity contribution in [1.82, 2.24) is 9.97 Å². The van der Waals surface area contributed by atoms with Crippen LogP contribution in [0.2, 0.25) is 0 Å². The van der Waals surface area contributed by atoms with E-state index in [2.05, 4.69) is 9.97 Å². The number of nitrogen functional groups attached to an aromatic ring is 1. The Morgan fingerprint density at radius 2 is 2.14 bits per heavy atom. The number of anilines is 1. The van der Waals surface area contributed by atoms with E-state index < -0.39 is 0 Å². The highest BCUT2D eigenvalue weighted by molar-refractivity contribution is 7.18. The van der Waals surface area contributed by atoms with E-state index in [-0.39, 0.29) is 0 Å². The van der Waals surface area contributed by atoms with Gasteiger partial charge in [0.25, 0.3) is 0 Å². The molecule has 2 rings (SSSR count). The van der Waals surface area contributed by atoms with Crippen molar-refractivity contribution in [1.29, 1.82) is 0 Å². The molecule has 2 heterocycles. The van der Waals surface area contributed by atoms with Crippen LogP contribution in [0.3, 0.4) is 0 Å². The molecule has 0 spiro atoms. The molecule has 0 radical (unpaired) electrons. The first-order valence-corrected chi connectivity index (χ1v) is 5.15. The molecule has 0 aliphatic rings. The van der Waals surface area contributed by atoms with E-state index in [1.54, 1.807) is 6.20 Å². The molecule has 4 heteroatoms. The number of aromatic nitrogens is 2. The van der Waals surface area contributed by atoms with Crippen LogP contribution in [0, 0.1) is 13.8 Å². The van der Waals surface area contributed by atoms with Crippen molar-refractivity contribution >= 4 is 16.5 Å². The predicted molar refractivity (Wildman–Crippen MR) is 59.2 cm³/mol. The molecule has 72 valence electrons. The van der Waals surface area contributed by atoms with Crippen molar-refractivity contribution in [2.45, 2.75) is 13.8 Å². The first-order valence-electron chi connectivity index (χ1n) is 4.33. The van der Waals surface area contributed by atoms with Gasteiger partial charge in [0.2, 0.25) is 0 Å². The van der Waals surface area contributed by atoms with Crippen molar-refractivity contribution in [3.8, 4) is 10.6 Å². The first-order chi connectivity index (χ1) is 6.68. The van der Waals surface area contributed by atoms with Gasteiger partial charge in [-0.2, -0.15) is 0 Å². The van der Waals surface area contributed by atoms with Crippen molar-refractivity contribution in [2.75, 3.05) is 5.73 Å². The van der Waals surface area contributed by atoms with Gasteiger partial charge in [0.05, 0.1) is 16.3 Å². The van der Waals surface area contributed by atoms with Crippen molar-refractivity contribution in [2.24, 2.45) is 0 Å². The second-order valence-electron chi connectivity index (χ2n) is 3.14. The minimum absolute atomic E-state index is 0.600. The second-order valence-corrected chi connectivity index (χ2v) is 4.17. The Bertz CT molecular complexity index is 462. The molecule has 2 N–H and O–H groups in total. The molecular formula is C10H11N3S. The zero-order valence-electron chi connectivity index (χ0n) is 8.11. The van der Waals surface area contributed by atoms with Crippen LogP contribution in [-0.4, -0.2) is 9.97 Å². The lowest BCUT2D eigenvalue weighted by Gasteiger charge is -2.00. The Morgan fingerprint density at radius 3 is 2.71 bits per heavy atom. The van der Waals surface area contributed by atoms with E-state index in [0.717, 1.165) is 21.8 Å². The molecule has 2 aromatic rings. The number of rotatable bonds is 1. The quantitative estimate of drug-likeness (QED) is 0.777. The Morgan fingerprint density at radius 1 is 1.36 bits per heavy atom. The number of thiazole rings is 1. The summed E-state index contributed by atoms with van der Waals surface area (Å²) in [6, 6.07) is 3.97. The Kier molecular flexibility index (Phi) is 2.21. The third-order valence-electron chi connectivity index (χ3n) is 2.04. The van der Waals surface area contributed by atoms with E-state index in [9.17, 15) is 0 Å². The van der Waals surface area contributed by atoms with Crippen molar-refractivity contribution < 1.29 is 0 Å². The van der Waals surface area contributed by atoms with Gasteiger partial charge in [0.15, 0.2) is 5.13 Å². The van der Waals surface area contributed by atoms with E-state index in [1.165, 1.54) is 11.3 Å². The maximum absolute atomic E-state index is 5.65. The second kappa shape index (κ2) is 3.38. The van der Waals surface area contributed by atoms with Gasteiger partial charge in [-0.3, -0.25) is 4.98 Å². The van der Waals surface area contributed by atoms with Gasteiger partial charge in [-0.1, -0.05) is 17.4 Å². The number of hydrogen-bond acceptors (Lipinski definition) is 4. The molecule has 0 saturated heterocycles. The van der Waals surface area contributed by atoms with Crippen LogP contribution in [0.25, 0.3) is 10.6 Å². The lowest BCUT2D eigenvalue weighted by Crippen LogP contribution is -1.86. The minimum Gasteiger partial charge on any atom is -0.375 e. The maximum atomic E-state index is 5.65. The van der Waals surface area contributed by atoms with Crippen LogP contribution in [0.4, 0.5) is 5.13 Å². The fraction of sp³-hybridized carbons (Fsp3) is 0.200. The largest absolute Gasteiger partial charge is 0.375 e. The van der Waals surface area contributed by atoms with Crippen LogP contribution in [0.1, 0.15) is 11.3 Å². The summed E-state index contributed by atoms with van der Waals surface area (Å²) in [5.41, 5.74) is 8.74. The molecule has 0 amide bonds. The normalized spacial score (nSPS) is 10.4. The number of nitrogens with two attached hydrogens (primary N) is 1. The van der Waals surface area contributed by atoms with Crippen LogP contribution < -0.4 is 5.73 Å². The Balaban J connectivity index is 2.60.